The van der Waals surface area contributed by atoms with Crippen molar-refractivity contribution in [3.8, 4) is 11.3 Å². The number of benzene rings is 2. The highest BCUT2D eigenvalue weighted by molar-refractivity contribution is 7.07. The molecule has 0 atom stereocenters. The first kappa shape index (κ1) is 16.7. The minimum atomic E-state index is 0.722. The summed E-state index contributed by atoms with van der Waals surface area (Å²) in [5, 5.41) is 7.47. The SMILES string of the molecule is CN=c1scc(-c2ccc(Cl)cc2)n1N=Cc1cc(C)ccc1C. The maximum absolute atomic E-state index is 5.99. The predicted molar refractivity (Wildman–Crippen MR) is 103 cm³/mol. The van der Waals surface area contributed by atoms with E-state index in [1.807, 2.05) is 35.2 Å². The van der Waals surface area contributed by atoms with Crippen LogP contribution >= 0.6 is 22.9 Å². The number of hydrogen-bond donors (Lipinski definition) is 0. The molecule has 0 saturated carbocycles. The number of aromatic nitrogens is 1. The summed E-state index contributed by atoms with van der Waals surface area (Å²) in [6, 6.07) is 14.1. The number of aryl methyl sites for hydroxylation is 2. The molecule has 0 aliphatic carbocycles. The van der Waals surface area contributed by atoms with Crippen LogP contribution in [-0.4, -0.2) is 17.9 Å². The Morgan fingerprint density at radius 2 is 1.83 bits per heavy atom. The van der Waals surface area contributed by atoms with E-state index in [4.69, 9.17) is 11.6 Å². The van der Waals surface area contributed by atoms with E-state index in [1.165, 1.54) is 11.1 Å². The molecule has 1 aromatic heterocycles. The second-order valence-electron chi connectivity index (χ2n) is 5.55. The van der Waals surface area contributed by atoms with Crippen molar-refractivity contribution in [2.75, 3.05) is 7.05 Å². The van der Waals surface area contributed by atoms with Crippen molar-refractivity contribution in [3.63, 3.8) is 0 Å². The van der Waals surface area contributed by atoms with Crippen molar-refractivity contribution in [2.45, 2.75) is 13.8 Å². The average molecular weight is 356 g/mol. The zero-order chi connectivity index (χ0) is 17.1. The van der Waals surface area contributed by atoms with Crippen molar-refractivity contribution in [2.24, 2.45) is 10.1 Å². The molecule has 0 spiro atoms. The molecule has 2 aromatic carbocycles. The van der Waals surface area contributed by atoms with Gasteiger partial charge in [0.1, 0.15) is 0 Å². The van der Waals surface area contributed by atoms with E-state index in [2.05, 4.69) is 47.5 Å². The molecule has 0 saturated heterocycles. The molecule has 0 radical (unpaired) electrons. The molecule has 3 rings (SSSR count). The Morgan fingerprint density at radius 3 is 2.54 bits per heavy atom. The lowest BCUT2D eigenvalue weighted by Gasteiger charge is -2.05. The van der Waals surface area contributed by atoms with Crippen molar-refractivity contribution in [3.05, 3.63) is 74.4 Å². The van der Waals surface area contributed by atoms with Crippen LogP contribution in [0, 0.1) is 13.8 Å². The van der Waals surface area contributed by atoms with E-state index >= 15 is 0 Å². The molecule has 0 bridgehead atoms. The van der Waals surface area contributed by atoms with Gasteiger partial charge in [-0.25, -0.2) is 4.68 Å². The van der Waals surface area contributed by atoms with Crippen LogP contribution in [0.5, 0.6) is 0 Å². The minimum absolute atomic E-state index is 0.722. The predicted octanol–water partition coefficient (Wildman–Crippen LogP) is 4.90. The van der Waals surface area contributed by atoms with Gasteiger partial charge in [-0.05, 0) is 37.1 Å². The molecule has 24 heavy (non-hydrogen) atoms. The summed E-state index contributed by atoms with van der Waals surface area (Å²) < 4.78 is 1.87. The first-order chi connectivity index (χ1) is 11.6. The summed E-state index contributed by atoms with van der Waals surface area (Å²) in [7, 11) is 1.78. The Balaban J connectivity index is 2.07. The highest BCUT2D eigenvalue weighted by atomic mass is 35.5. The fraction of sp³-hybridized carbons (Fsp3) is 0.158. The quantitative estimate of drug-likeness (QED) is 0.598. The Hall–Kier alpha value is -2.17. The lowest BCUT2D eigenvalue weighted by molar-refractivity contribution is 0.848. The molecule has 0 unspecified atom stereocenters. The first-order valence-corrected chi connectivity index (χ1v) is 8.85. The molecular formula is C19H18ClN3S. The Labute approximate surface area is 150 Å². The third kappa shape index (κ3) is 3.50. The largest absolute Gasteiger partial charge is 0.261 e. The molecule has 3 aromatic rings. The number of nitrogens with zero attached hydrogens (tertiary/aromatic N) is 3. The van der Waals surface area contributed by atoms with E-state index in [9.17, 15) is 0 Å². The van der Waals surface area contributed by atoms with Crippen LogP contribution in [0.4, 0.5) is 0 Å². The van der Waals surface area contributed by atoms with Crippen LogP contribution in [0.25, 0.3) is 11.3 Å². The van der Waals surface area contributed by atoms with Crippen LogP contribution in [0.2, 0.25) is 5.02 Å². The van der Waals surface area contributed by atoms with Crippen molar-refractivity contribution in [1.29, 1.82) is 0 Å². The Bertz CT molecular complexity index is 949. The minimum Gasteiger partial charge on any atom is -0.261 e. The highest BCUT2D eigenvalue weighted by Crippen LogP contribution is 2.22. The first-order valence-electron chi connectivity index (χ1n) is 7.59. The molecule has 1 heterocycles. The van der Waals surface area contributed by atoms with Crippen molar-refractivity contribution < 1.29 is 0 Å². The molecule has 5 heteroatoms. The van der Waals surface area contributed by atoms with Crippen LogP contribution in [-0.2, 0) is 0 Å². The molecule has 0 fully saturated rings. The zero-order valence-electron chi connectivity index (χ0n) is 13.8. The maximum atomic E-state index is 5.99. The van der Waals surface area contributed by atoms with E-state index in [0.717, 1.165) is 26.6 Å². The van der Waals surface area contributed by atoms with Gasteiger partial charge in [-0.1, -0.05) is 47.5 Å². The molecule has 122 valence electrons. The summed E-state index contributed by atoms with van der Waals surface area (Å²) >= 11 is 7.56. The number of rotatable bonds is 3. The van der Waals surface area contributed by atoms with Gasteiger partial charge in [-0.15, -0.1) is 11.3 Å². The van der Waals surface area contributed by atoms with Gasteiger partial charge in [0.15, 0.2) is 0 Å². The van der Waals surface area contributed by atoms with Crippen molar-refractivity contribution >= 4 is 29.2 Å². The van der Waals surface area contributed by atoms with Gasteiger partial charge in [0.25, 0.3) is 0 Å². The number of halogens is 1. The van der Waals surface area contributed by atoms with Gasteiger partial charge >= 0.3 is 0 Å². The van der Waals surface area contributed by atoms with Gasteiger partial charge in [-0.2, -0.15) is 5.10 Å². The number of hydrogen-bond acceptors (Lipinski definition) is 3. The third-order valence-electron chi connectivity index (χ3n) is 3.76. The fourth-order valence-electron chi connectivity index (χ4n) is 2.40. The van der Waals surface area contributed by atoms with E-state index in [-0.39, 0.29) is 0 Å². The lowest BCUT2D eigenvalue weighted by atomic mass is 10.1. The summed E-state index contributed by atoms with van der Waals surface area (Å²) in [4.78, 5) is 5.18. The highest BCUT2D eigenvalue weighted by Gasteiger charge is 2.07. The Morgan fingerprint density at radius 1 is 1.08 bits per heavy atom. The van der Waals surface area contributed by atoms with Crippen LogP contribution < -0.4 is 4.80 Å². The summed E-state index contributed by atoms with van der Waals surface area (Å²) in [6.07, 6.45) is 1.89. The lowest BCUT2D eigenvalue weighted by Crippen LogP contribution is -2.11. The summed E-state index contributed by atoms with van der Waals surface area (Å²) in [5.41, 5.74) is 5.58. The Kier molecular flexibility index (Phi) is 4.97. The molecule has 3 nitrogen and oxygen atoms in total. The number of thiazole rings is 1. The van der Waals surface area contributed by atoms with E-state index < -0.39 is 0 Å². The summed E-state index contributed by atoms with van der Waals surface area (Å²) in [5.74, 6) is 0. The second kappa shape index (κ2) is 7.16. The van der Waals surface area contributed by atoms with Gasteiger partial charge in [0.2, 0.25) is 4.80 Å². The van der Waals surface area contributed by atoms with E-state index in [0.29, 0.717) is 0 Å². The summed E-state index contributed by atoms with van der Waals surface area (Å²) in [6.45, 7) is 4.17. The van der Waals surface area contributed by atoms with Gasteiger partial charge in [0, 0.05) is 23.0 Å². The normalized spacial score (nSPS) is 12.2. The van der Waals surface area contributed by atoms with Crippen LogP contribution in [0.1, 0.15) is 16.7 Å². The zero-order valence-corrected chi connectivity index (χ0v) is 15.4. The smallest absolute Gasteiger partial charge is 0.205 e. The molecule has 0 aliphatic heterocycles. The third-order valence-corrected chi connectivity index (χ3v) is 4.92. The maximum Gasteiger partial charge on any atom is 0.205 e. The molecular weight excluding hydrogens is 338 g/mol. The van der Waals surface area contributed by atoms with Gasteiger partial charge in [0.05, 0.1) is 11.9 Å². The average Bonchev–Trinajstić information content (AvgIpc) is 2.99. The van der Waals surface area contributed by atoms with Crippen molar-refractivity contribution in [1.82, 2.24) is 4.68 Å². The standard InChI is InChI=1S/C19H18ClN3S/c1-13-4-5-14(2)16(10-13)11-22-23-18(12-24-19(23)21-3)15-6-8-17(20)9-7-15/h4-12H,1-3H3. The molecule has 0 N–H and O–H groups in total. The van der Waals surface area contributed by atoms with Crippen LogP contribution in [0.15, 0.2) is 57.9 Å². The van der Waals surface area contributed by atoms with Crippen LogP contribution in [0.3, 0.4) is 0 Å². The van der Waals surface area contributed by atoms with Gasteiger partial charge in [-0.3, -0.25) is 4.99 Å². The van der Waals surface area contributed by atoms with Gasteiger partial charge < -0.3 is 0 Å². The molecule has 0 aliphatic rings. The topological polar surface area (TPSA) is 29.6 Å². The fourth-order valence-corrected chi connectivity index (χ4v) is 3.33. The molecule has 0 amide bonds. The second-order valence-corrected chi connectivity index (χ2v) is 6.82. The van der Waals surface area contributed by atoms with E-state index in [1.54, 1.807) is 18.4 Å². The monoisotopic (exact) mass is 355 g/mol.